The smallest absolute Gasteiger partial charge is 0.248 e. The Bertz CT molecular complexity index is 310. The number of primary amides is 1. The van der Waals surface area contributed by atoms with E-state index in [4.69, 9.17) is 5.73 Å². The maximum absolute atomic E-state index is 10.8. The molecule has 12 heavy (non-hydrogen) atoms. The Morgan fingerprint density at radius 2 is 1.75 bits per heavy atom. The molecule has 0 unspecified atom stereocenters. The number of benzene rings is 1. The molecule has 2 N–H and O–H groups in total. The second-order valence-electron chi connectivity index (χ2n) is 3.10. The molecule has 0 spiro atoms. The SMILES string of the molecule is Bc1c(C)cc(C(N)=O)cc1C. The molecule has 0 atom stereocenters. The Morgan fingerprint density at radius 3 is 2.08 bits per heavy atom. The van der Waals surface area contributed by atoms with Crippen LogP contribution in [-0.4, -0.2) is 13.8 Å². The quantitative estimate of drug-likeness (QED) is 0.562. The van der Waals surface area contributed by atoms with Crippen LogP contribution in [0.25, 0.3) is 0 Å². The van der Waals surface area contributed by atoms with Gasteiger partial charge in [0, 0.05) is 5.56 Å². The molecule has 1 aromatic rings. The third-order valence-electron chi connectivity index (χ3n) is 2.21. The normalized spacial score (nSPS) is 9.83. The molecule has 0 bridgehead atoms. The van der Waals surface area contributed by atoms with E-state index in [1.165, 1.54) is 5.46 Å². The molecule has 1 amide bonds. The van der Waals surface area contributed by atoms with Crippen molar-refractivity contribution in [3.63, 3.8) is 0 Å². The molecule has 0 aliphatic carbocycles. The molecule has 0 fully saturated rings. The van der Waals surface area contributed by atoms with E-state index in [2.05, 4.69) is 0 Å². The van der Waals surface area contributed by atoms with Crippen LogP contribution in [0.15, 0.2) is 12.1 Å². The summed E-state index contributed by atoms with van der Waals surface area (Å²) in [6.45, 7) is 3.96. The standard InChI is InChI=1S/C9H12BNO/c1-5-3-7(9(11)12)4-6(2)8(5)10/h3-4H,10H2,1-2H3,(H2,11,12). The van der Waals surface area contributed by atoms with Crippen LogP contribution < -0.4 is 11.2 Å². The fraction of sp³-hybridized carbons (Fsp3) is 0.222. The Balaban J connectivity index is 3.31. The number of hydrogen-bond donors (Lipinski definition) is 1. The lowest BCUT2D eigenvalue weighted by atomic mass is 9.85. The second kappa shape index (κ2) is 3.01. The molecule has 0 heterocycles. The van der Waals surface area contributed by atoms with Crippen molar-refractivity contribution in [1.29, 1.82) is 0 Å². The van der Waals surface area contributed by atoms with Crippen LogP contribution in [0.4, 0.5) is 0 Å². The highest BCUT2D eigenvalue weighted by atomic mass is 16.1. The van der Waals surface area contributed by atoms with E-state index >= 15 is 0 Å². The van der Waals surface area contributed by atoms with Crippen molar-refractivity contribution in [2.75, 3.05) is 0 Å². The Labute approximate surface area is 73.2 Å². The fourth-order valence-electron chi connectivity index (χ4n) is 1.18. The molecule has 1 rings (SSSR count). The van der Waals surface area contributed by atoms with Gasteiger partial charge in [-0.2, -0.15) is 0 Å². The Hall–Kier alpha value is -1.25. The van der Waals surface area contributed by atoms with Crippen LogP contribution in [0.5, 0.6) is 0 Å². The highest BCUT2D eigenvalue weighted by Gasteiger charge is 2.04. The molecule has 0 aliphatic rings. The first-order valence-corrected chi connectivity index (χ1v) is 3.90. The summed E-state index contributed by atoms with van der Waals surface area (Å²) in [5, 5.41) is 0. The molecule has 0 aliphatic heterocycles. The first kappa shape index (κ1) is 8.85. The molecule has 0 saturated carbocycles. The molecule has 1 aromatic carbocycles. The molecule has 62 valence electrons. The summed E-state index contributed by atoms with van der Waals surface area (Å²) in [6.07, 6.45) is 0. The highest BCUT2D eigenvalue weighted by Crippen LogP contribution is 2.04. The number of nitrogens with two attached hydrogens (primary N) is 1. The average Bonchev–Trinajstić information content (AvgIpc) is 1.99. The van der Waals surface area contributed by atoms with Gasteiger partial charge in [-0.3, -0.25) is 4.79 Å². The Kier molecular flexibility index (Phi) is 2.22. The summed E-state index contributed by atoms with van der Waals surface area (Å²) < 4.78 is 0. The van der Waals surface area contributed by atoms with Gasteiger partial charge in [0.15, 0.2) is 0 Å². The molecular weight excluding hydrogens is 149 g/mol. The first-order chi connectivity index (χ1) is 5.52. The van der Waals surface area contributed by atoms with Crippen molar-refractivity contribution in [2.45, 2.75) is 13.8 Å². The van der Waals surface area contributed by atoms with E-state index in [9.17, 15) is 4.79 Å². The monoisotopic (exact) mass is 161 g/mol. The third-order valence-corrected chi connectivity index (χ3v) is 2.21. The van der Waals surface area contributed by atoms with Crippen LogP contribution in [0.2, 0.25) is 0 Å². The van der Waals surface area contributed by atoms with Gasteiger partial charge in [0.2, 0.25) is 5.91 Å². The number of amides is 1. The largest absolute Gasteiger partial charge is 0.366 e. The molecular formula is C9H12BNO. The van der Waals surface area contributed by atoms with Gasteiger partial charge in [-0.05, 0) is 26.0 Å². The van der Waals surface area contributed by atoms with Crippen molar-refractivity contribution in [3.05, 3.63) is 28.8 Å². The summed E-state index contributed by atoms with van der Waals surface area (Å²) in [5.41, 5.74) is 9.21. The number of carbonyl (C=O) groups excluding carboxylic acids is 1. The van der Waals surface area contributed by atoms with Crippen LogP contribution >= 0.6 is 0 Å². The molecule has 0 radical (unpaired) electrons. The summed E-state index contributed by atoms with van der Waals surface area (Å²) in [5.74, 6) is -0.360. The highest BCUT2D eigenvalue weighted by molar-refractivity contribution is 6.34. The maximum atomic E-state index is 10.8. The van der Waals surface area contributed by atoms with Gasteiger partial charge in [0.1, 0.15) is 7.85 Å². The zero-order chi connectivity index (χ0) is 9.30. The first-order valence-electron chi connectivity index (χ1n) is 3.90. The van der Waals surface area contributed by atoms with Gasteiger partial charge < -0.3 is 5.73 Å². The van der Waals surface area contributed by atoms with Gasteiger partial charge in [0.05, 0.1) is 0 Å². The molecule has 0 aromatic heterocycles. The van der Waals surface area contributed by atoms with Crippen molar-refractivity contribution in [2.24, 2.45) is 5.73 Å². The number of carbonyl (C=O) groups is 1. The van der Waals surface area contributed by atoms with Crippen molar-refractivity contribution in [3.8, 4) is 0 Å². The minimum absolute atomic E-state index is 0.360. The summed E-state index contributed by atoms with van der Waals surface area (Å²) in [7, 11) is 2.04. The van der Waals surface area contributed by atoms with Gasteiger partial charge >= 0.3 is 0 Å². The average molecular weight is 161 g/mol. The van der Waals surface area contributed by atoms with Crippen LogP contribution in [0, 0.1) is 13.8 Å². The van der Waals surface area contributed by atoms with E-state index in [1.807, 2.05) is 33.8 Å². The topological polar surface area (TPSA) is 43.1 Å². The van der Waals surface area contributed by atoms with Gasteiger partial charge in [0.25, 0.3) is 0 Å². The third kappa shape index (κ3) is 1.50. The lowest BCUT2D eigenvalue weighted by molar-refractivity contribution is 0.1000. The van der Waals surface area contributed by atoms with E-state index < -0.39 is 0 Å². The minimum atomic E-state index is -0.360. The van der Waals surface area contributed by atoms with E-state index in [-0.39, 0.29) is 5.91 Å². The molecule has 3 heteroatoms. The van der Waals surface area contributed by atoms with Crippen LogP contribution in [-0.2, 0) is 0 Å². The van der Waals surface area contributed by atoms with E-state index in [0.717, 1.165) is 11.1 Å². The van der Waals surface area contributed by atoms with Gasteiger partial charge in [-0.15, -0.1) is 0 Å². The maximum Gasteiger partial charge on any atom is 0.248 e. The molecule has 0 saturated heterocycles. The van der Waals surface area contributed by atoms with Crippen LogP contribution in [0.3, 0.4) is 0 Å². The van der Waals surface area contributed by atoms with E-state index in [1.54, 1.807) is 0 Å². The Morgan fingerprint density at radius 1 is 1.33 bits per heavy atom. The number of rotatable bonds is 1. The predicted molar refractivity (Wildman–Crippen MR) is 52.6 cm³/mol. The number of aryl methyl sites for hydroxylation is 2. The van der Waals surface area contributed by atoms with Crippen molar-refractivity contribution < 1.29 is 4.79 Å². The minimum Gasteiger partial charge on any atom is -0.366 e. The van der Waals surface area contributed by atoms with Crippen molar-refractivity contribution in [1.82, 2.24) is 0 Å². The predicted octanol–water partition coefficient (Wildman–Crippen LogP) is -0.339. The lowest BCUT2D eigenvalue weighted by Gasteiger charge is -2.06. The van der Waals surface area contributed by atoms with E-state index in [0.29, 0.717) is 5.56 Å². The summed E-state index contributed by atoms with van der Waals surface area (Å²) in [4.78, 5) is 10.8. The fourth-order valence-corrected chi connectivity index (χ4v) is 1.18. The van der Waals surface area contributed by atoms with Crippen molar-refractivity contribution >= 4 is 19.2 Å². The molecule has 2 nitrogen and oxygen atoms in total. The lowest BCUT2D eigenvalue weighted by Crippen LogP contribution is -2.17. The van der Waals surface area contributed by atoms with Gasteiger partial charge in [-0.25, -0.2) is 0 Å². The second-order valence-corrected chi connectivity index (χ2v) is 3.10. The van der Waals surface area contributed by atoms with Gasteiger partial charge in [-0.1, -0.05) is 16.6 Å². The summed E-state index contributed by atoms with van der Waals surface area (Å²) >= 11 is 0. The zero-order valence-electron chi connectivity index (χ0n) is 7.64. The zero-order valence-corrected chi connectivity index (χ0v) is 7.64. The summed E-state index contributed by atoms with van der Waals surface area (Å²) in [6, 6.07) is 3.65. The number of hydrogen-bond acceptors (Lipinski definition) is 1. The van der Waals surface area contributed by atoms with Crippen LogP contribution in [0.1, 0.15) is 21.5 Å².